The van der Waals surface area contributed by atoms with E-state index in [1.54, 1.807) is 7.11 Å². The van der Waals surface area contributed by atoms with Gasteiger partial charge in [0.2, 0.25) is 0 Å². The van der Waals surface area contributed by atoms with Gasteiger partial charge in [-0.15, -0.1) is 0 Å². The molecule has 0 unspecified atom stereocenters. The van der Waals surface area contributed by atoms with Crippen LogP contribution in [0.25, 0.3) is 11.3 Å². The molecule has 0 saturated carbocycles. The van der Waals surface area contributed by atoms with Gasteiger partial charge >= 0.3 is 12.1 Å². The molecule has 0 radical (unpaired) electrons. The van der Waals surface area contributed by atoms with Gasteiger partial charge in [-0.05, 0) is 37.0 Å². The summed E-state index contributed by atoms with van der Waals surface area (Å²) < 4.78 is 40.6. The summed E-state index contributed by atoms with van der Waals surface area (Å²) in [5.41, 5.74) is 4.79. The zero-order valence-electron chi connectivity index (χ0n) is 18.4. The average molecular weight is 527 g/mol. The summed E-state index contributed by atoms with van der Waals surface area (Å²) in [6.07, 6.45) is 1.20. The number of rotatable bonds is 8. The van der Waals surface area contributed by atoms with Crippen molar-refractivity contribution in [1.29, 1.82) is 0 Å². The number of methoxy groups -OCH3 is 1. The van der Waals surface area contributed by atoms with Gasteiger partial charge in [0.25, 0.3) is 0 Å². The topological polar surface area (TPSA) is 64.4 Å². The molecular weight excluding hydrogens is 501 g/mol. The molecule has 0 aliphatic heterocycles. The number of alkyl halides is 3. The fraction of sp³-hybridized carbons (Fsp3) is 0.333. The number of ether oxygens (including phenoxy) is 1. The number of carboxylic acids is 1. The first-order valence-electron chi connectivity index (χ1n) is 10.4. The Labute approximate surface area is 199 Å². The van der Waals surface area contributed by atoms with Crippen LogP contribution in [0.3, 0.4) is 0 Å². The van der Waals surface area contributed by atoms with Gasteiger partial charge in [-0.25, -0.2) is 9.78 Å². The molecule has 9 heteroatoms. The maximum Gasteiger partial charge on any atom is 0.490 e. The first-order chi connectivity index (χ1) is 15.7. The van der Waals surface area contributed by atoms with E-state index < -0.39 is 12.1 Å². The smallest absolute Gasteiger partial charge is 0.490 e. The molecule has 0 atom stereocenters. The van der Waals surface area contributed by atoms with Crippen LogP contribution in [-0.4, -0.2) is 33.9 Å². The minimum Gasteiger partial charge on any atom is -0.496 e. The molecule has 5 nitrogen and oxygen atoms in total. The Morgan fingerprint density at radius 1 is 1.12 bits per heavy atom. The zero-order valence-corrected chi connectivity index (χ0v) is 20.0. The monoisotopic (exact) mass is 526 g/mol. The molecule has 3 aromatic rings. The summed E-state index contributed by atoms with van der Waals surface area (Å²) in [6, 6.07) is 16.5. The Hall–Kier alpha value is -2.81. The van der Waals surface area contributed by atoms with Gasteiger partial charge in [0.15, 0.2) is 0 Å². The van der Waals surface area contributed by atoms with E-state index in [-0.39, 0.29) is 0 Å². The van der Waals surface area contributed by atoms with Gasteiger partial charge in [-0.3, -0.25) is 0 Å². The van der Waals surface area contributed by atoms with Crippen molar-refractivity contribution >= 4 is 21.9 Å². The average Bonchev–Trinajstić information content (AvgIpc) is 3.18. The van der Waals surface area contributed by atoms with Gasteiger partial charge < -0.3 is 14.4 Å². The molecular formula is C24H26BrF3N2O3. The van der Waals surface area contributed by atoms with E-state index in [2.05, 4.69) is 57.8 Å². The molecule has 178 valence electrons. The zero-order chi connectivity index (χ0) is 24.4. The Morgan fingerprint density at radius 2 is 1.76 bits per heavy atom. The van der Waals surface area contributed by atoms with Gasteiger partial charge in [0.1, 0.15) is 5.75 Å². The lowest BCUT2D eigenvalue weighted by Gasteiger charge is -2.12. The highest BCUT2D eigenvalue weighted by atomic mass is 79.9. The predicted octanol–water partition coefficient (Wildman–Crippen LogP) is 6.54. The molecule has 0 aliphatic carbocycles. The number of unbranched alkanes of at least 4 members (excludes halogenated alkanes) is 1. The lowest BCUT2D eigenvalue weighted by Crippen LogP contribution is -2.21. The number of nitrogens with zero attached hydrogens (tertiary/aromatic N) is 2. The molecule has 2 aromatic carbocycles. The van der Waals surface area contributed by atoms with E-state index in [4.69, 9.17) is 19.6 Å². The lowest BCUT2D eigenvalue weighted by atomic mass is 10.1. The highest BCUT2D eigenvalue weighted by molar-refractivity contribution is 9.10. The van der Waals surface area contributed by atoms with Gasteiger partial charge in [-0.1, -0.05) is 65.7 Å². The number of benzene rings is 2. The van der Waals surface area contributed by atoms with E-state index in [9.17, 15) is 13.2 Å². The second-order valence-corrected chi connectivity index (χ2v) is 8.04. The lowest BCUT2D eigenvalue weighted by molar-refractivity contribution is -0.192. The van der Waals surface area contributed by atoms with Crippen molar-refractivity contribution in [3.8, 4) is 17.0 Å². The Kier molecular flexibility index (Phi) is 9.96. The number of imidazole rings is 1. The molecule has 3 rings (SSSR count). The first kappa shape index (κ1) is 26.4. The van der Waals surface area contributed by atoms with E-state index in [1.165, 1.54) is 17.7 Å². The summed E-state index contributed by atoms with van der Waals surface area (Å²) in [4.78, 5) is 13.7. The number of carboxylic acid groups (broad SMARTS) is 1. The Balaban J connectivity index is 0.000000479. The maximum atomic E-state index is 10.6. The minimum absolute atomic E-state index is 0.900. The van der Waals surface area contributed by atoms with Crippen LogP contribution in [0.15, 0.2) is 59.3 Å². The molecule has 0 amide bonds. The summed E-state index contributed by atoms with van der Waals surface area (Å²) >= 11 is 3.67. The van der Waals surface area contributed by atoms with Gasteiger partial charge in [-0.2, -0.15) is 13.2 Å². The molecule has 1 N–H and O–H groups in total. The number of carbonyl (C=O) groups is 1. The molecule has 0 spiro atoms. The summed E-state index contributed by atoms with van der Waals surface area (Å²) in [5, 5.41) is 7.12. The third kappa shape index (κ3) is 7.63. The molecule has 0 fully saturated rings. The third-order valence-corrected chi connectivity index (χ3v) is 5.59. The van der Waals surface area contributed by atoms with Crippen LogP contribution in [0.5, 0.6) is 5.75 Å². The highest BCUT2D eigenvalue weighted by Gasteiger charge is 2.38. The van der Waals surface area contributed by atoms with Crippen molar-refractivity contribution in [3.05, 3.63) is 70.6 Å². The van der Waals surface area contributed by atoms with Crippen molar-refractivity contribution in [3.63, 3.8) is 0 Å². The fourth-order valence-corrected chi connectivity index (χ4v) is 3.71. The van der Waals surface area contributed by atoms with Gasteiger partial charge in [0, 0.05) is 22.3 Å². The van der Waals surface area contributed by atoms with Crippen LogP contribution in [0.4, 0.5) is 13.2 Å². The van der Waals surface area contributed by atoms with E-state index in [0.717, 1.165) is 47.3 Å². The van der Waals surface area contributed by atoms with E-state index >= 15 is 0 Å². The standard InChI is InChI=1S/C22H25BrN2O.C2HF3O2/c1-3-4-12-20-22(18-10-6-7-11-19(18)23)24-16-25(20)15-14-17-9-5-8-13-21(17)26-2;3-2(4,5)1(6)7/h5-11,13,16H,3-4,12,14-15H2,1-2H3;(H,6,7). The van der Waals surface area contributed by atoms with Crippen molar-refractivity contribution < 1.29 is 27.8 Å². The number of aliphatic carboxylic acids is 1. The number of halogens is 4. The minimum atomic E-state index is -5.08. The number of aryl methyl sites for hydroxylation is 2. The quantitative estimate of drug-likeness (QED) is 0.362. The molecule has 1 aromatic heterocycles. The van der Waals surface area contributed by atoms with Crippen molar-refractivity contribution in [2.45, 2.75) is 45.3 Å². The second kappa shape index (κ2) is 12.4. The van der Waals surface area contributed by atoms with Crippen LogP contribution in [0, 0.1) is 0 Å². The van der Waals surface area contributed by atoms with E-state index in [0.29, 0.717) is 0 Å². The largest absolute Gasteiger partial charge is 0.496 e. The second-order valence-electron chi connectivity index (χ2n) is 7.18. The van der Waals surface area contributed by atoms with Crippen LogP contribution < -0.4 is 4.74 Å². The van der Waals surface area contributed by atoms with Crippen molar-refractivity contribution in [2.24, 2.45) is 0 Å². The summed E-state index contributed by atoms with van der Waals surface area (Å²) in [7, 11) is 1.73. The summed E-state index contributed by atoms with van der Waals surface area (Å²) in [5.74, 6) is -1.80. The number of hydrogen-bond acceptors (Lipinski definition) is 3. The Bertz CT molecular complexity index is 1050. The third-order valence-electron chi connectivity index (χ3n) is 4.90. The molecule has 0 bridgehead atoms. The van der Waals surface area contributed by atoms with Crippen molar-refractivity contribution in [1.82, 2.24) is 9.55 Å². The SMILES string of the molecule is CCCCc1c(-c2ccccc2Br)ncn1CCc1ccccc1OC.O=C(O)C(F)(F)F. The van der Waals surface area contributed by atoms with Gasteiger partial charge in [0.05, 0.1) is 19.1 Å². The van der Waals surface area contributed by atoms with Crippen LogP contribution in [0.1, 0.15) is 31.0 Å². The predicted molar refractivity (Wildman–Crippen MR) is 124 cm³/mol. The van der Waals surface area contributed by atoms with Crippen molar-refractivity contribution in [2.75, 3.05) is 7.11 Å². The number of para-hydroxylation sites is 1. The normalized spacial score (nSPS) is 11.0. The number of aromatic nitrogens is 2. The Morgan fingerprint density at radius 3 is 2.36 bits per heavy atom. The highest BCUT2D eigenvalue weighted by Crippen LogP contribution is 2.30. The number of hydrogen-bond donors (Lipinski definition) is 1. The fourth-order valence-electron chi connectivity index (χ4n) is 3.24. The molecule has 0 aliphatic rings. The molecule has 1 heterocycles. The maximum absolute atomic E-state index is 10.6. The van der Waals surface area contributed by atoms with E-state index in [1.807, 2.05) is 24.5 Å². The molecule has 33 heavy (non-hydrogen) atoms. The van der Waals surface area contributed by atoms with Crippen LogP contribution in [0.2, 0.25) is 0 Å². The molecule has 0 saturated heterocycles. The van der Waals surface area contributed by atoms with Crippen LogP contribution in [-0.2, 0) is 24.2 Å². The van der Waals surface area contributed by atoms with Crippen LogP contribution >= 0.6 is 15.9 Å². The summed E-state index contributed by atoms with van der Waals surface area (Å²) in [6.45, 7) is 3.13. The first-order valence-corrected chi connectivity index (χ1v) is 11.2.